The molecule has 3 heteroatoms. The molecule has 1 aromatic rings. The van der Waals surface area contributed by atoms with Crippen LogP contribution in [-0.4, -0.2) is 24.4 Å². The molecule has 0 unspecified atom stereocenters. The number of quaternary nitrogens is 1. The smallest absolute Gasteiger partial charge is 0.136 e. The largest absolute Gasteiger partial charge is 0.491 e. The maximum absolute atomic E-state index is 9.34. The third kappa shape index (κ3) is 3.51. The van der Waals surface area contributed by atoms with Crippen molar-refractivity contribution in [1.29, 1.82) is 0 Å². The highest BCUT2D eigenvalue weighted by Crippen LogP contribution is 2.23. The Hall–Kier alpha value is -1.06. The molecule has 3 nitrogen and oxygen atoms in total. The number of hydrogen-bond donors (Lipinski definition) is 2. The van der Waals surface area contributed by atoms with Crippen LogP contribution in [0, 0.1) is 6.92 Å². The van der Waals surface area contributed by atoms with Gasteiger partial charge in [-0.15, -0.1) is 0 Å². The Morgan fingerprint density at radius 3 is 2.56 bits per heavy atom. The van der Waals surface area contributed by atoms with Crippen LogP contribution in [0.1, 0.15) is 30.9 Å². The van der Waals surface area contributed by atoms with Crippen LogP contribution in [0.15, 0.2) is 18.2 Å². The fourth-order valence-electron chi connectivity index (χ4n) is 1.66. The fourth-order valence-corrected chi connectivity index (χ4v) is 1.66. The van der Waals surface area contributed by atoms with Gasteiger partial charge in [0.05, 0.1) is 0 Å². The number of rotatable bonds is 5. The molecule has 90 valence electrons. The van der Waals surface area contributed by atoms with Gasteiger partial charge in [-0.1, -0.05) is 19.9 Å². The van der Waals surface area contributed by atoms with E-state index in [2.05, 4.69) is 32.6 Å². The number of hydrogen-bond acceptors (Lipinski definition) is 2. The Morgan fingerprint density at radius 2 is 2.06 bits per heavy atom. The maximum atomic E-state index is 9.34. The molecule has 0 aromatic heterocycles. The first-order chi connectivity index (χ1) is 7.54. The molecule has 0 spiro atoms. The number of benzene rings is 1. The standard InChI is InChI=1S/C13H21NO2/c1-9(2)13-5-4-12(6-10(13)3)16-8-11(15)7-14/h4-6,9,11,15H,7-8,14H2,1-3H3/p+1/t11-/m1/s1. The van der Waals surface area contributed by atoms with Crippen molar-refractivity contribution in [1.82, 2.24) is 0 Å². The predicted molar refractivity (Wildman–Crippen MR) is 64.5 cm³/mol. The summed E-state index contributed by atoms with van der Waals surface area (Å²) in [5.74, 6) is 1.34. The molecule has 0 aliphatic carbocycles. The first-order valence-electron chi connectivity index (χ1n) is 5.75. The highest BCUT2D eigenvalue weighted by Gasteiger charge is 2.07. The molecule has 0 heterocycles. The van der Waals surface area contributed by atoms with Crippen LogP contribution in [0.4, 0.5) is 0 Å². The van der Waals surface area contributed by atoms with Gasteiger partial charge in [0.1, 0.15) is 25.0 Å². The summed E-state index contributed by atoms with van der Waals surface area (Å²) in [6.07, 6.45) is -0.481. The molecule has 4 N–H and O–H groups in total. The Bertz CT molecular complexity index is 337. The SMILES string of the molecule is Cc1cc(OC[C@H](O)C[NH3+])ccc1C(C)C. The van der Waals surface area contributed by atoms with Crippen molar-refractivity contribution in [3.05, 3.63) is 29.3 Å². The number of aryl methyl sites for hydroxylation is 1. The molecular formula is C13H22NO2+. The van der Waals surface area contributed by atoms with E-state index in [0.29, 0.717) is 19.1 Å². The van der Waals surface area contributed by atoms with E-state index in [-0.39, 0.29) is 0 Å². The van der Waals surface area contributed by atoms with Gasteiger partial charge in [0.15, 0.2) is 0 Å². The van der Waals surface area contributed by atoms with Crippen LogP contribution >= 0.6 is 0 Å². The van der Waals surface area contributed by atoms with E-state index < -0.39 is 6.10 Å². The summed E-state index contributed by atoms with van der Waals surface area (Å²) in [7, 11) is 0. The summed E-state index contributed by atoms with van der Waals surface area (Å²) in [5.41, 5.74) is 6.19. The molecular weight excluding hydrogens is 202 g/mol. The molecule has 0 saturated carbocycles. The van der Waals surface area contributed by atoms with E-state index in [1.54, 1.807) is 0 Å². The molecule has 0 fully saturated rings. The molecule has 16 heavy (non-hydrogen) atoms. The summed E-state index contributed by atoms with van der Waals surface area (Å²) in [6.45, 7) is 7.22. The lowest BCUT2D eigenvalue weighted by molar-refractivity contribution is -0.384. The first-order valence-corrected chi connectivity index (χ1v) is 5.75. The molecule has 1 rings (SSSR count). The lowest BCUT2D eigenvalue weighted by Crippen LogP contribution is -2.56. The zero-order valence-corrected chi connectivity index (χ0v) is 10.4. The number of aliphatic hydroxyl groups is 1. The molecule has 0 saturated heterocycles. The second-order valence-corrected chi connectivity index (χ2v) is 4.43. The van der Waals surface area contributed by atoms with Crippen LogP contribution in [0.2, 0.25) is 0 Å². The fraction of sp³-hybridized carbons (Fsp3) is 0.538. The average Bonchev–Trinajstić information content (AvgIpc) is 2.25. The van der Waals surface area contributed by atoms with Gasteiger partial charge in [0.25, 0.3) is 0 Å². The third-order valence-corrected chi connectivity index (χ3v) is 2.64. The van der Waals surface area contributed by atoms with Crippen LogP contribution in [-0.2, 0) is 0 Å². The zero-order chi connectivity index (χ0) is 12.1. The molecule has 1 aromatic carbocycles. The van der Waals surface area contributed by atoms with E-state index in [4.69, 9.17) is 4.74 Å². The second-order valence-electron chi connectivity index (χ2n) is 4.43. The van der Waals surface area contributed by atoms with Gasteiger partial charge < -0.3 is 15.6 Å². The van der Waals surface area contributed by atoms with E-state index in [1.165, 1.54) is 11.1 Å². The summed E-state index contributed by atoms with van der Waals surface area (Å²) in [4.78, 5) is 0. The van der Waals surface area contributed by atoms with Gasteiger partial charge in [-0.3, -0.25) is 0 Å². The lowest BCUT2D eigenvalue weighted by Gasteiger charge is -2.13. The monoisotopic (exact) mass is 224 g/mol. The minimum absolute atomic E-state index is 0.309. The van der Waals surface area contributed by atoms with E-state index >= 15 is 0 Å². The van der Waals surface area contributed by atoms with Crippen molar-refractivity contribution in [3.63, 3.8) is 0 Å². The molecule has 0 bridgehead atoms. The number of ether oxygens (including phenoxy) is 1. The van der Waals surface area contributed by atoms with Crippen molar-refractivity contribution < 1.29 is 15.6 Å². The first kappa shape index (κ1) is 13.0. The summed E-state index contributed by atoms with van der Waals surface area (Å²) in [6, 6.07) is 6.06. The Kier molecular flexibility index (Phi) is 4.77. The van der Waals surface area contributed by atoms with Crippen molar-refractivity contribution in [2.24, 2.45) is 0 Å². The topological polar surface area (TPSA) is 57.1 Å². The zero-order valence-electron chi connectivity index (χ0n) is 10.4. The molecule has 0 amide bonds. The van der Waals surface area contributed by atoms with Crippen LogP contribution < -0.4 is 10.5 Å². The minimum Gasteiger partial charge on any atom is -0.491 e. The third-order valence-electron chi connectivity index (χ3n) is 2.64. The normalized spacial score (nSPS) is 12.9. The van der Waals surface area contributed by atoms with Crippen LogP contribution in [0.5, 0.6) is 5.75 Å². The molecule has 0 aliphatic heterocycles. The van der Waals surface area contributed by atoms with Gasteiger partial charge in [-0.2, -0.15) is 0 Å². The Morgan fingerprint density at radius 1 is 1.38 bits per heavy atom. The Labute approximate surface area is 97.2 Å². The summed E-state index contributed by atoms with van der Waals surface area (Å²) >= 11 is 0. The average molecular weight is 224 g/mol. The van der Waals surface area contributed by atoms with Crippen molar-refractivity contribution in [2.45, 2.75) is 32.8 Å². The van der Waals surface area contributed by atoms with Crippen molar-refractivity contribution in [3.8, 4) is 5.75 Å². The predicted octanol–water partition coefficient (Wildman–Crippen LogP) is 1.10. The quantitative estimate of drug-likeness (QED) is 0.787. The van der Waals surface area contributed by atoms with Gasteiger partial charge in [0, 0.05) is 0 Å². The Balaban J connectivity index is 2.66. The lowest BCUT2D eigenvalue weighted by atomic mass is 9.98. The molecule has 1 atom stereocenters. The van der Waals surface area contributed by atoms with Crippen molar-refractivity contribution >= 4 is 0 Å². The van der Waals surface area contributed by atoms with Crippen molar-refractivity contribution in [2.75, 3.05) is 13.2 Å². The van der Waals surface area contributed by atoms with Crippen LogP contribution in [0.25, 0.3) is 0 Å². The number of aliphatic hydroxyl groups excluding tert-OH is 1. The van der Waals surface area contributed by atoms with Gasteiger partial charge in [0.2, 0.25) is 0 Å². The highest BCUT2D eigenvalue weighted by atomic mass is 16.5. The minimum atomic E-state index is -0.481. The van der Waals surface area contributed by atoms with Gasteiger partial charge >= 0.3 is 0 Å². The second kappa shape index (κ2) is 5.87. The van der Waals surface area contributed by atoms with Crippen LogP contribution in [0.3, 0.4) is 0 Å². The van der Waals surface area contributed by atoms with E-state index in [1.807, 2.05) is 12.1 Å². The van der Waals surface area contributed by atoms with E-state index in [9.17, 15) is 5.11 Å². The molecule has 0 radical (unpaired) electrons. The van der Waals surface area contributed by atoms with E-state index in [0.717, 1.165) is 5.75 Å². The molecule has 0 aliphatic rings. The van der Waals surface area contributed by atoms with Gasteiger partial charge in [-0.25, -0.2) is 0 Å². The maximum Gasteiger partial charge on any atom is 0.136 e. The summed E-state index contributed by atoms with van der Waals surface area (Å²) < 4.78 is 5.48. The van der Waals surface area contributed by atoms with Gasteiger partial charge in [-0.05, 0) is 36.1 Å². The highest BCUT2D eigenvalue weighted by molar-refractivity contribution is 5.36. The summed E-state index contributed by atoms with van der Waals surface area (Å²) in [5, 5.41) is 9.34.